The number of nitrogens with one attached hydrogen (secondary N) is 2. The largest absolute Gasteiger partial charge is 0.481 e. The molecule has 1 aliphatic rings. The van der Waals surface area contributed by atoms with Crippen LogP contribution in [0.25, 0.3) is 10.4 Å². The Morgan fingerprint density at radius 3 is 2.41 bits per heavy atom. The van der Waals surface area contributed by atoms with Gasteiger partial charge in [-0.3, -0.25) is 19.2 Å². The van der Waals surface area contributed by atoms with E-state index in [0.29, 0.717) is 38.8 Å². The van der Waals surface area contributed by atoms with Gasteiger partial charge in [0.15, 0.2) is 0 Å². The Balaban J connectivity index is 1.56. The zero-order valence-electron chi connectivity index (χ0n) is 23.3. The van der Waals surface area contributed by atoms with Crippen molar-refractivity contribution in [2.45, 2.75) is 91.3 Å². The van der Waals surface area contributed by atoms with Gasteiger partial charge in [-0.25, -0.2) is 4.98 Å². The molecule has 39 heavy (non-hydrogen) atoms. The van der Waals surface area contributed by atoms with Crippen molar-refractivity contribution in [3.63, 3.8) is 0 Å². The maximum absolute atomic E-state index is 13.6. The molecule has 0 radical (unpaired) electrons. The molecule has 212 valence electrons. The van der Waals surface area contributed by atoms with Crippen LogP contribution in [0, 0.1) is 12.3 Å². The Morgan fingerprint density at radius 1 is 1.10 bits per heavy atom. The molecule has 2 atom stereocenters. The monoisotopic (exact) mass is 556 g/mol. The van der Waals surface area contributed by atoms with Gasteiger partial charge in [0.05, 0.1) is 16.1 Å². The van der Waals surface area contributed by atoms with E-state index < -0.39 is 23.5 Å². The summed E-state index contributed by atoms with van der Waals surface area (Å²) < 4.78 is 0. The molecule has 1 aromatic heterocycles. The number of thiazole rings is 1. The van der Waals surface area contributed by atoms with E-state index >= 15 is 0 Å². The Hall–Kier alpha value is -3.27. The van der Waals surface area contributed by atoms with Gasteiger partial charge in [0.1, 0.15) is 12.1 Å². The number of nitrogens with zero attached hydrogens (tertiary/aromatic N) is 2. The smallest absolute Gasteiger partial charge is 0.303 e. The molecule has 0 aliphatic carbocycles. The van der Waals surface area contributed by atoms with Crippen molar-refractivity contribution >= 4 is 35.0 Å². The molecule has 1 fully saturated rings. The van der Waals surface area contributed by atoms with Gasteiger partial charge in [0, 0.05) is 25.9 Å². The number of carbonyl (C=O) groups excluding carboxylic acids is 3. The lowest BCUT2D eigenvalue weighted by Crippen LogP contribution is -2.57. The van der Waals surface area contributed by atoms with Crippen LogP contribution in [-0.2, 0) is 25.7 Å². The number of aliphatic carboxylic acids is 1. The number of amides is 3. The van der Waals surface area contributed by atoms with Crippen LogP contribution < -0.4 is 10.6 Å². The third-order valence-electron chi connectivity index (χ3n) is 6.98. The van der Waals surface area contributed by atoms with Crippen molar-refractivity contribution in [1.29, 1.82) is 0 Å². The number of likely N-dealkylation sites (tertiary alicyclic amines) is 1. The molecule has 10 heteroatoms. The van der Waals surface area contributed by atoms with Gasteiger partial charge in [-0.05, 0) is 49.1 Å². The van der Waals surface area contributed by atoms with Crippen molar-refractivity contribution < 1.29 is 24.3 Å². The minimum Gasteiger partial charge on any atom is -0.481 e. The van der Waals surface area contributed by atoms with Gasteiger partial charge in [-0.1, -0.05) is 51.5 Å². The van der Waals surface area contributed by atoms with Crippen molar-refractivity contribution in [2.75, 3.05) is 6.54 Å². The van der Waals surface area contributed by atoms with Crippen LogP contribution in [0.2, 0.25) is 0 Å². The highest BCUT2D eigenvalue weighted by Gasteiger charge is 2.41. The lowest BCUT2D eigenvalue weighted by molar-refractivity contribution is -0.144. The maximum atomic E-state index is 13.6. The minimum atomic E-state index is -0.845. The number of rotatable bonds is 12. The second kappa shape index (κ2) is 13.7. The summed E-state index contributed by atoms with van der Waals surface area (Å²) in [6.07, 6.45) is 3.33. The second-order valence-electron chi connectivity index (χ2n) is 11.2. The lowest BCUT2D eigenvalue weighted by Gasteiger charge is -2.35. The number of carboxylic acid groups (broad SMARTS) is 1. The standard InChI is InChI=1S/C29H40N4O5S/c1-19-25(39-18-31-19)21-14-12-20(13-15-21)17-30-27(37)22-9-8-16-33(22)28(38)26(29(2,3)4)32-23(34)10-6-5-7-11-24(35)36/h12-15,18,22,26H,5-11,16-17H2,1-4H3,(H,30,37)(H,32,34)(H,35,36). The summed E-state index contributed by atoms with van der Waals surface area (Å²) in [6, 6.07) is 6.68. The average molecular weight is 557 g/mol. The highest BCUT2D eigenvalue weighted by atomic mass is 32.1. The zero-order valence-corrected chi connectivity index (χ0v) is 24.1. The first-order valence-corrected chi connectivity index (χ1v) is 14.4. The fourth-order valence-electron chi connectivity index (χ4n) is 4.75. The van der Waals surface area contributed by atoms with Gasteiger partial charge in [0.25, 0.3) is 0 Å². The average Bonchev–Trinajstić information content (AvgIpc) is 3.54. The first-order chi connectivity index (χ1) is 18.5. The van der Waals surface area contributed by atoms with Crippen LogP contribution in [0.5, 0.6) is 0 Å². The number of carbonyl (C=O) groups is 4. The first kappa shape index (κ1) is 30.3. The molecule has 2 unspecified atom stereocenters. The fraction of sp³-hybridized carbons (Fsp3) is 0.552. The number of aryl methyl sites for hydroxylation is 1. The molecule has 3 N–H and O–H groups in total. The third-order valence-corrected chi connectivity index (χ3v) is 7.96. The molecule has 9 nitrogen and oxygen atoms in total. The number of aromatic nitrogens is 1. The van der Waals surface area contributed by atoms with E-state index in [1.807, 2.05) is 57.5 Å². The van der Waals surface area contributed by atoms with E-state index in [2.05, 4.69) is 15.6 Å². The maximum Gasteiger partial charge on any atom is 0.303 e. The molecule has 0 saturated carbocycles. The predicted octanol–water partition coefficient (Wildman–Crippen LogP) is 4.29. The molecule has 3 rings (SSSR count). The number of hydrogen-bond donors (Lipinski definition) is 3. The van der Waals surface area contributed by atoms with Crippen molar-refractivity contribution in [3.05, 3.63) is 41.0 Å². The Morgan fingerprint density at radius 2 is 1.79 bits per heavy atom. The Kier molecular flexibility index (Phi) is 10.6. The summed E-state index contributed by atoms with van der Waals surface area (Å²) in [5, 5.41) is 14.6. The van der Waals surface area contributed by atoms with Gasteiger partial charge >= 0.3 is 5.97 Å². The molecule has 2 aromatic rings. The predicted molar refractivity (Wildman–Crippen MR) is 151 cm³/mol. The normalized spacial score (nSPS) is 16.1. The molecule has 3 amide bonds. The van der Waals surface area contributed by atoms with Crippen LogP contribution in [0.15, 0.2) is 29.8 Å². The second-order valence-corrected chi connectivity index (χ2v) is 12.0. The highest BCUT2D eigenvalue weighted by Crippen LogP contribution is 2.28. The Bertz CT molecular complexity index is 1160. The molecule has 1 aliphatic heterocycles. The summed E-state index contributed by atoms with van der Waals surface area (Å²) in [4.78, 5) is 57.1. The van der Waals surface area contributed by atoms with Crippen LogP contribution in [-0.4, -0.2) is 57.3 Å². The van der Waals surface area contributed by atoms with Gasteiger partial charge in [-0.15, -0.1) is 11.3 Å². The van der Waals surface area contributed by atoms with Crippen LogP contribution in [0.4, 0.5) is 0 Å². The number of carboxylic acids is 1. The van der Waals surface area contributed by atoms with Gasteiger partial charge in [-0.2, -0.15) is 0 Å². The fourth-order valence-corrected chi connectivity index (χ4v) is 5.56. The summed E-state index contributed by atoms with van der Waals surface area (Å²) in [5.41, 5.74) is 4.33. The summed E-state index contributed by atoms with van der Waals surface area (Å²) in [5.74, 6) is -1.53. The number of benzene rings is 1. The van der Waals surface area contributed by atoms with Gasteiger partial charge < -0.3 is 20.6 Å². The first-order valence-electron chi connectivity index (χ1n) is 13.6. The third kappa shape index (κ3) is 8.61. The van der Waals surface area contributed by atoms with Gasteiger partial charge in [0.2, 0.25) is 17.7 Å². The van der Waals surface area contributed by atoms with E-state index in [-0.39, 0.29) is 30.6 Å². The van der Waals surface area contributed by atoms with Crippen molar-refractivity contribution in [1.82, 2.24) is 20.5 Å². The topological polar surface area (TPSA) is 129 Å². The van der Waals surface area contributed by atoms with E-state index in [1.54, 1.807) is 16.2 Å². The van der Waals surface area contributed by atoms with E-state index in [0.717, 1.165) is 28.1 Å². The van der Waals surface area contributed by atoms with Crippen molar-refractivity contribution in [2.24, 2.45) is 5.41 Å². The van der Waals surface area contributed by atoms with Crippen LogP contribution >= 0.6 is 11.3 Å². The van der Waals surface area contributed by atoms with E-state index in [1.165, 1.54) is 0 Å². The van der Waals surface area contributed by atoms with E-state index in [4.69, 9.17) is 5.11 Å². The SMILES string of the molecule is Cc1ncsc1-c1ccc(CNC(=O)C2CCCN2C(=O)C(NC(=O)CCCCCC(=O)O)C(C)(C)C)cc1. The molecular formula is C29H40N4O5S. The van der Waals surface area contributed by atoms with Crippen molar-refractivity contribution in [3.8, 4) is 10.4 Å². The summed E-state index contributed by atoms with van der Waals surface area (Å²) >= 11 is 1.60. The summed E-state index contributed by atoms with van der Waals surface area (Å²) in [6.45, 7) is 8.50. The highest BCUT2D eigenvalue weighted by molar-refractivity contribution is 7.13. The molecule has 2 heterocycles. The quantitative estimate of drug-likeness (QED) is 0.335. The molecule has 0 bridgehead atoms. The Labute approximate surface area is 234 Å². The molecule has 0 spiro atoms. The molecular weight excluding hydrogens is 516 g/mol. The zero-order chi connectivity index (χ0) is 28.6. The van der Waals surface area contributed by atoms with Crippen LogP contribution in [0.1, 0.15) is 77.0 Å². The summed E-state index contributed by atoms with van der Waals surface area (Å²) in [7, 11) is 0. The van der Waals surface area contributed by atoms with E-state index in [9.17, 15) is 19.2 Å². The molecule has 1 saturated heterocycles. The minimum absolute atomic E-state index is 0.0843. The van der Waals surface area contributed by atoms with Crippen LogP contribution in [0.3, 0.4) is 0 Å². The lowest BCUT2D eigenvalue weighted by atomic mass is 9.85. The number of unbranched alkanes of at least 4 members (excludes halogenated alkanes) is 2. The molecule has 1 aromatic carbocycles. The number of hydrogen-bond acceptors (Lipinski definition) is 6.